The van der Waals surface area contributed by atoms with Gasteiger partial charge in [-0.05, 0) is 12.1 Å². The number of benzene rings is 1. The number of hydrogen-bond acceptors (Lipinski definition) is 3. The van der Waals surface area contributed by atoms with Crippen LogP contribution in [0.2, 0.25) is 0 Å². The molecule has 1 N–H and O–H groups in total. The predicted molar refractivity (Wildman–Crippen MR) is 65.1 cm³/mol. The molecule has 0 heterocycles. The van der Waals surface area contributed by atoms with Crippen LogP contribution in [0.25, 0.3) is 0 Å². The number of ether oxygens (including phenoxy) is 1. The van der Waals surface area contributed by atoms with Gasteiger partial charge in [0, 0.05) is 12.5 Å². The summed E-state index contributed by atoms with van der Waals surface area (Å²) in [6, 6.07) is 9.50. The Bertz CT molecular complexity index is 457. The van der Waals surface area contributed by atoms with Gasteiger partial charge in [0.2, 0.25) is 0 Å². The van der Waals surface area contributed by atoms with Crippen molar-refractivity contribution in [2.45, 2.75) is 6.92 Å². The molecular formula is C13H16NO3+. The van der Waals surface area contributed by atoms with E-state index in [0.717, 1.165) is 5.56 Å². The molecule has 90 valence electrons. The Kier molecular flexibility index (Phi) is 4.46. The molecule has 0 aliphatic heterocycles. The zero-order valence-corrected chi connectivity index (χ0v) is 10.2. The molecule has 0 spiro atoms. The molecule has 0 aliphatic rings. The fourth-order valence-electron chi connectivity index (χ4n) is 1.47. The number of methoxy groups -OCH3 is 1. The zero-order valence-electron chi connectivity index (χ0n) is 10.2. The van der Waals surface area contributed by atoms with E-state index in [-0.39, 0.29) is 11.5 Å². The minimum atomic E-state index is -0.570. The third-order valence-electron chi connectivity index (χ3n) is 2.22. The summed E-state index contributed by atoms with van der Waals surface area (Å²) >= 11 is 0. The van der Waals surface area contributed by atoms with Crippen molar-refractivity contribution in [2.75, 3.05) is 14.2 Å². The van der Waals surface area contributed by atoms with Gasteiger partial charge >= 0.3 is 11.7 Å². The normalized spacial score (nSPS) is 13.0. The maximum Gasteiger partial charge on any atom is 0.407 e. The number of aliphatic hydroxyl groups is 1. The molecule has 4 nitrogen and oxygen atoms in total. The van der Waals surface area contributed by atoms with Crippen LogP contribution in [0.5, 0.6) is 0 Å². The lowest BCUT2D eigenvalue weighted by molar-refractivity contribution is -0.437. The molecule has 4 heteroatoms. The summed E-state index contributed by atoms with van der Waals surface area (Å²) < 4.78 is 6.15. The van der Waals surface area contributed by atoms with Crippen molar-refractivity contribution in [1.29, 1.82) is 0 Å². The quantitative estimate of drug-likeness (QED) is 0.285. The number of likely N-dealkylation sites (N-methyl/N-ethyl adjacent to an activating group) is 1. The highest BCUT2D eigenvalue weighted by molar-refractivity contribution is 5.87. The molecule has 1 rings (SSSR count). The van der Waals surface area contributed by atoms with Gasteiger partial charge in [-0.1, -0.05) is 18.2 Å². The smallest absolute Gasteiger partial charge is 0.407 e. The van der Waals surface area contributed by atoms with Gasteiger partial charge in [-0.15, -0.1) is 0 Å². The molecule has 0 saturated heterocycles. The van der Waals surface area contributed by atoms with Crippen molar-refractivity contribution in [3.8, 4) is 0 Å². The summed E-state index contributed by atoms with van der Waals surface area (Å²) in [6.45, 7) is 1.45. The summed E-state index contributed by atoms with van der Waals surface area (Å²) in [5.41, 5.74) is 1.05. The van der Waals surface area contributed by atoms with Crippen molar-refractivity contribution < 1.29 is 19.2 Å². The van der Waals surface area contributed by atoms with E-state index in [1.807, 2.05) is 30.3 Å². The third-order valence-corrected chi connectivity index (χ3v) is 2.22. The van der Waals surface area contributed by atoms with E-state index < -0.39 is 5.97 Å². The fourth-order valence-corrected chi connectivity index (χ4v) is 1.47. The number of nitrogens with zero attached hydrogens (tertiary/aromatic N) is 1. The Balaban J connectivity index is 3.10. The average molecular weight is 234 g/mol. The van der Waals surface area contributed by atoms with Crippen LogP contribution in [-0.4, -0.2) is 36.0 Å². The topological polar surface area (TPSA) is 49.5 Å². The first kappa shape index (κ1) is 13.0. The minimum Gasteiger partial charge on any atom is -0.506 e. The molecule has 0 atom stereocenters. The van der Waals surface area contributed by atoms with Crippen LogP contribution in [0, 0.1) is 0 Å². The Morgan fingerprint density at radius 2 is 1.94 bits per heavy atom. The Morgan fingerprint density at radius 3 is 2.41 bits per heavy atom. The van der Waals surface area contributed by atoms with Gasteiger partial charge in [0.05, 0.1) is 7.11 Å². The van der Waals surface area contributed by atoms with E-state index in [9.17, 15) is 9.90 Å². The van der Waals surface area contributed by atoms with Gasteiger partial charge in [0.15, 0.2) is 12.0 Å². The summed E-state index contributed by atoms with van der Waals surface area (Å²) in [4.78, 5) is 11.5. The molecule has 0 fully saturated rings. The van der Waals surface area contributed by atoms with Gasteiger partial charge in [-0.2, -0.15) is 4.58 Å². The Morgan fingerprint density at radius 1 is 1.35 bits per heavy atom. The van der Waals surface area contributed by atoms with Crippen molar-refractivity contribution >= 4 is 12.2 Å². The molecule has 0 bridgehead atoms. The van der Waals surface area contributed by atoms with Crippen LogP contribution < -0.4 is 0 Å². The van der Waals surface area contributed by atoms with Crippen molar-refractivity contribution in [3.63, 3.8) is 0 Å². The van der Waals surface area contributed by atoms with Crippen LogP contribution in [0.15, 0.2) is 41.8 Å². The predicted octanol–water partition coefficient (Wildman–Crippen LogP) is 1.71. The van der Waals surface area contributed by atoms with E-state index in [4.69, 9.17) is 0 Å². The summed E-state index contributed by atoms with van der Waals surface area (Å²) in [5.74, 6) is -0.647. The first-order valence-electron chi connectivity index (χ1n) is 5.17. The van der Waals surface area contributed by atoms with E-state index in [1.165, 1.54) is 18.6 Å². The molecule has 0 aromatic heterocycles. The van der Waals surface area contributed by atoms with Crippen LogP contribution in [0.1, 0.15) is 12.5 Å². The second kappa shape index (κ2) is 5.84. The molecule has 0 radical (unpaired) electrons. The first-order chi connectivity index (χ1) is 8.06. The second-order valence-electron chi connectivity index (χ2n) is 3.58. The molecule has 1 aromatic rings. The van der Waals surface area contributed by atoms with Crippen LogP contribution >= 0.6 is 0 Å². The van der Waals surface area contributed by atoms with Gasteiger partial charge in [-0.3, -0.25) is 0 Å². The monoisotopic (exact) mass is 234 g/mol. The third kappa shape index (κ3) is 3.45. The number of allylic oxidation sites excluding steroid dienone is 1. The van der Waals surface area contributed by atoms with Crippen molar-refractivity contribution in [2.24, 2.45) is 0 Å². The minimum absolute atomic E-state index is 0.0773. The molecule has 0 saturated carbocycles. The Hall–Kier alpha value is -2.10. The molecule has 1 aromatic carbocycles. The van der Waals surface area contributed by atoms with Gasteiger partial charge in [0.25, 0.3) is 0 Å². The van der Waals surface area contributed by atoms with Crippen LogP contribution in [0.3, 0.4) is 0 Å². The molecule has 0 unspecified atom stereocenters. The van der Waals surface area contributed by atoms with Crippen LogP contribution in [0.4, 0.5) is 0 Å². The number of carbonyl (C=O) groups is 1. The largest absolute Gasteiger partial charge is 0.506 e. The Labute approximate surface area is 100 Å². The molecule has 17 heavy (non-hydrogen) atoms. The lowest BCUT2D eigenvalue weighted by Gasteiger charge is -2.01. The molecule has 0 amide bonds. The fraction of sp³-hybridized carbons (Fsp3) is 0.231. The summed E-state index contributed by atoms with van der Waals surface area (Å²) in [6.07, 6.45) is 1.74. The average Bonchev–Trinajstić information content (AvgIpc) is 2.29. The lowest BCUT2D eigenvalue weighted by atomic mass is 10.2. The number of aliphatic hydroxyl groups excluding tert-OH is 1. The van der Waals surface area contributed by atoms with E-state index in [2.05, 4.69) is 4.74 Å². The highest BCUT2D eigenvalue weighted by Gasteiger charge is 2.23. The first-order valence-corrected chi connectivity index (χ1v) is 5.17. The lowest BCUT2D eigenvalue weighted by Crippen LogP contribution is -2.19. The number of rotatable bonds is 3. The van der Waals surface area contributed by atoms with E-state index >= 15 is 0 Å². The van der Waals surface area contributed by atoms with Crippen molar-refractivity contribution in [1.82, 2.24) is 0 Å². The van der Waals surface area contributed by atoms with Crippen LogP contribution in [-0.2, 0) is 9.53 Å². The standard InChI is InChI=1S/C13H15NO3/c1-10(15)12(13(16)17-3)14(2)9-11-7-5-4-6-8-11/h4-9H,1-3H3/p+1. The number of esters is 1. The summed E-state index contributed by atoms with van der Waals surface area (Å²) in [5, 5.41) is 9.48. The van der Waals surface area contributed by atoms with Gasteiger partial charge < -0.3 is 9.84 Å². The number of carbonyl (C=O) groups excluding carboxylic acids is 1. The van der Waals surface area contributed by atoms with Crippen molar-refractivity contribution in [3.05, 3.63) is 47.4 Å². The van der Waals surface area contributed by atoms with E-state index in [0.29, 0.717) is 0 Å². The molecule has 0 aliphatic carbocycles. The van der Waals surface area contributed by atoms with E-state index in [1.54, 1.807) is 13.3 Å². The maximum atomic E-state index is 11.5. The second-order valence-corrected chi connectivity index (χ2v) is 3.58. The SMILES string of the molecule is COC(=O)/C(=C(\C)O)[N+](C)=Cc1ccccc1. The maximum absolute atomic E-state index is 11.5. The highest BCUT2D eigenvalue weighted by Crippen LogP contribution is 2.05. The zero-order chi connectivity index (χ0) is 12.8. The van der Waals surface area contributed by atoms with Gasteiger partial charge in [0.1, 0.15) is 7.05 Å². The summed E-state index contributed by atoms with van der Waals surface area (Å²) in [7, 11) is 2.96. The van der Waals surface area contributed by atoms with Gasteiger partial charge in [-0.25, -0.2) is 4.79 Å². The number of hydrogen-bond donors (Lipinski definition) is 1. The molecular weight excluding hydrogens is 218 g/mol. The highest BCUT2D eigenvalue weighted by atomic mass is 16.5.